The molecule has 6 heteroatoms. The van der Waals surface area contributed by atoms with Gasteiger partial charge >= 0.3 is 0 Å². The number of aromatic hydroxyl groups is 1. The molecule has 0 fully saturated rings. The molecule has 1 amide bonds. The minimum absolute atomic E-state index is 0.0271. The first-order valence-corrected chi connectivity index (χ1v) is 9.07. The Morgan fingerprint density at radius 3 is 2.14 bits per heavy atom. The van der Waals surface area contributed by atoms with Crippen molar-refractivity contribution in [3.63, 3.8) is 0 Å². The molecular formula is C23H21NO5. The fourth-order valence-electron chi connectivity index (χ4n) is 4.03. The van der Waals surface area contributed by atoms with Crippen LogP contribution in [0.4, 0.5) is 5.69 Å². The summed E-state index contributed by atoms with van der Waals surface area (Å²) in [5, 5.41) is 13.2. The van der Waals surface area contributed by atoms with E-state index in [0.717, 1.165) is 5.56 Å². The van der Waals surface area contributed by atoms with Crippen LogP contribution in [0, 0.1) is 0 Å². The fraction of sp³-hybridized carbons (Fsp3) is 0.174. The third-order valence-corrected chi connectivity index (χ3v) is 5.32. The monoisotopic (exact) mass is 391 g/mol. The summed E-state index contributed by atoms with van der Waals surface area (Å²) in [7, 11) is 4.65. The molecule has 2 N–H and O–H groups in total. The van der Waals surface area contributed by atoms with Crippen molar-refractivity contribution in [3.05, 3.63) is 77.4 Å². The maximum Gasteiger partial charge on any atom is 0.244 e. The summed E-state index contributed by atoms with van der Waals surface area (Å²) in [6.07, 6.45) is 0. The van der Waals surface area contributed by atoms with E-state index in [-0.39, 0.29) is 11.7 Å². The van der Waals surface area contributed by atoms with Crippen molar-refractivity contribution in [2.45, 2.75) is 5.41 Å². The Morgan fingerprint density at radius 1 is 0.793 bits per heavy atom. The maximum absolute atomic E-state index is 13.7. The van der Waals surface area contributed by atoms with Crippen LogP contribution in [0.1, 0.15) is 16.7 Å². The third kappa shape index (κ3) is 2.68. The quantitative estimate of drug-likeness (QED) is 0.693. The molecule has 1 aliphatic rings. The lowest BCUT2D eigenvalue weighted by molar-refractivity contribution is -0.118. The van der Waals surface area contributed by atoms with Crippen molar-refractivity contribution < 1.29 is 24.1 Å². The van der Waals surface area contributed by atoms with Crippen LogP contribution >= 0.6 is 0 Å². The Kier molecular flexibility index (Phi) is 4.54. The van der Waals surface area contributed by atoms with Crippen LogP contribution in [0.15, 0.2) is 60.7 Å². The Balaban J connectivity index is 2.18. The molecule has 0 saturated heterocycles. The molecule has 29 heavy (non-hydrogen) atoms. The number of anilines is 1. The average molecular weight is 391 g/mol. The molecule has 4 rings (SSSR count). The molecule has 0 saturated carbocycles. The van der Waals surface area contributed by atoms with Crippen LogP contribution in [0.3, 0.4) is 0 Å². The Hall–Kier alpha value is -3.67. The molecule has 148 valence electrons. The number of ether oxygens (including phenoxy) is 3. The summed E-state index contributed by atoms with van der Waals surface area (Å²) in [6.45, 7) is 0. The van der Waals surface area contributed by atoms with Crippen LogP contribution in [0.5, 0.6) is 23.0 Å². The van der Waals surface area contributed by atoms with Gasteiger partial charge < -0.3 is 24.6 Å². The number of amides is 1. The summed E-state index contributed by atoms with van der Waals surface area (Å²) < 4.78 is 16.7. The van der Waals surface area contributed by atoms with Crippen LogP contribution in [-0.2, 0) is 10.2 Å². The van der Waals surface area contributed by atoms with E-state index in [1.54, 1.807) is 44.6 Å². The van der Waals surface area contributed by atoms with Gasteiger partial charge in [0.1, 0.15) is 28.4 Å². The van der Waals surface area contributed by atoms with Gasteiger partial charge in [-0.2, -0.15) is 0 Å². The van der Waals surface area contributed by atoms with E-state index in [0.29, 0.717) is 34.1 Å². The lowest BCUT2D eigenvalue weighted by atomic mass is 9.69. The molecule has 3 aromatic rings. The second-order valence-corrected chi connectivity index (χ2v) is 6.70. The molecule has 0 spiro atoms. The molecule has 1 unspecified atom stereocenters. The van der Waals surface area contributed by atoms with Crippen LogP contribution in [-0.4, -0.2) is 32.3 Å². The van der Waals surface area contributed by atoms with Crippen molar-refractivity contribution in [3.8, 4) is 23.0 Å². The number of phenols is 1. The highest BCUT2D eigenvalue weighted by molar-refractivity contribution is 6.12. The van der Waals surface area contributed by atoms with E-state index in [1.165, 1.54) is 13.2 Å². The highest BCUT2D eigenvalue weighted by Gasteiger charge is 2.53. The predicted molar refractivity (Wildman–Crippen MR) is 109 cm³/mol. The molecule has 1 heterocycles. The highest BCUT2D eigenvalue weighted by atomic mass is 16.5. The molecule has 1 atom stereocenters. The van der Waals surface area contributed by atoms with E-state index in [1.807, 2.05) is 24.3 Å². The second-order valence-electron chi connectivity index (χ2n) is 6.70. The Morgan fingerprint density at radius 2 is 1.45 bits per heavy atom. The summed E-state index contributed by atoms with van der Waals surface area (Å²) in [5.41, 5.74) is 1.22. The number of benzene rings is 3. The van der Waals surface area contributed by atoms with Crippen molar-refractivity contribution in [1.29, 1.82) is 0 Å². The van der Waals surface area contributed by atoms with E-state index >= 15 is 0 Å². The van der Waals surface area contributed by atoms with E-state index in [4.69, 9.17) is 14.2 Å². The summed E-state index contributed by atoms with van der Waals surface area (Å²) in [5.74, 6) is 1.33. The van der Waals surface area contributed by atoms with Crippen molar-refractivity contribution in [2.75, 3.05) is 26.6 Å². The molecule has 1 aliphatic heterocycles. The molecule has 0 bridgehead atoms. The number of hydrogen-bond donors (Lipinski definition) is 2. The topological polar surface area (TPSA) is 77.0 Å². The number of fused-ring (bicyclic) bond motifs is 1. The molecule has 0 aromatic heterocycles. The van der Waals surface area contributed by atoms with Gasteiger partial charge in [-0.3, -0.25) is 4.79 Å². The van der Waals surface area contributed by atoms with Crippen molar-refractivity contribution in [1.82, 2.24) is 0 Å². The van der Waals surface area contributed by atoms with Crippen LogP contribution < -0.4 is 19.5 Å². The number of hydrogen-bond acceptors (Lipinski definition) is 5. The molecule has 0 aliphatic carbocycles. The molecule has 6 nitrogen and oxygen atoms in total. The first-order valence-electron chi connectivity index (χ1n) is 9.07. The van der Waals surface area contributed by atoms with Gasteiger partial charge in [0.2, 0.25) is 5.91 Å². The first-order chi connectivity index (χ1) is 14.1. The number of nitrogens with one attached hydrogen (secondary N) is 1. The van der Waals surface area contributed by atoms with Gasteiger partial charge in [-0.1, -0.05) is 18.2 Å². The number of methoxy groups -OCH3 is 3. The zero-order chi connectivity index (χ0) is 20.6. The number of phenolic OH excluding ortho intramolecular Hbond substituents is 1. The Labute approximate surface area is 168 Å². The lowest BCUT2D eigenvalue weighted by Gasteiger charge is -2.31. The minimum atomic E-state index is -1.31. The van der Waals surface area contributed by atoms with Gasteiger partial charge in [0, 0.05) is 22.4 Å². The standard InChI is InChI=1S/C23H21NO5/c1-27-15-9-11-21(29-3)18(13-15)23(17-12-14(25)8-10-20(17)28-2)16-6-4-5-7-19(16)24-22(23)26/h4-13,25H,1-3H3,(H,24,26). The van der Waals surface area contributed by atoms with E-state index in [9.17, 15) is 9.90 Å². The van der Waals surface area contributed by atoms with Gasteiger partial charge in [0.25, 0.3) is 0 Å². The average Bonchev–Trinajstić information content (AvgIpc) is 3.05. The smallest absolute Gasteiger partial charge is 0.244 e. The molecule has 0 radical (unpaired) electrons. The van der Waals surface area contributed by atoms with Gasteiger partial charge in [-0.15, -0.1) is 0 Å². The van der Waals surface area contributed by atoms with Crippen LogP contribution in [0.25, 0.3) is 0 Å². The third-order valence-electron chi connectivity index (χ3n) is 5.32. The SMILES string of the molecule is COc1ccc(OC)c(C2(c3cc(O)ccc3OC)C(=O)Nc3ccccc32)c1. The van der Waals surface area contributed by atoms with Gasteiger partial charge in [-0.25, -0.2) is 0 Å². The first kappa shape index (κ1) is 18.7. The zero-order valence-electron chi connectivity index (χ0n) is 16.4. The molecule has 3 aromatic carbocycles. The van der Waals surface area contributed by atoms with E-state index < -0.39 is 5.41 Å². The number of carbonyl (C=O) groups is 1. The number of para-hydroxylation sites is 1. The van der Waals surface area contributed by atoms with Crippen LogP contribution in [0.2, 0.25) is 0 Å². The number of carbonyl (C=O) groups excluding carboxylic acids is 1. The predicted octanol–water partition coefficient (Wildman–Crippen LogP) is 3.70. The lowest BCUT2D eigenvalue weighted by Crippen LogP contribution is -2.37. The van der Waals surface area contributed by atoms with E-state index in [2.05, 4.69) is 5.32 Å². The van der Waals surface area contributed by atoms with Crippen molar-refractivity contribution in [2.24, 2.45) is 0 Å². The highest BCUT2D eigenvalue weighted by Crippen LogP contribution is 2.53. The maximum atomic E-state index is 13.7. The normalized spacial score (nSPS) is 17.4. The Bertz CT molecular complexity index is 1090. The largest absolute Gasteiger partial charge is 0.508 e. The van der Waals surface area contributed by atoms with Gasteiger partial charge in [0.05, 0.1) is 21.3 Å². The summed E-state index contributed by atoms with van der Waals surface area (Å²) in [6, 6.07) is 17.5. The fourth-order valence-corrected chi connectivity index (χ4v) is 4.03. The van der Waals surface area contributed by atoms with Gasteiger partial charge in [0.15, 0.2) is 0 Å². The minimum Gasteiger partial charge on any atom is -0.508 e. The zero-order valence-corrected chi connectivity index (χ0v) is 16.4. The van der Waals surface area contributed by atoms with Gasteiger partial charge in [-0.05, 0) is 42.5 Å². The summed E-state index contributed by atoms with van der Waals surface area (Å²) in [4.78, 5) is 13.7. The molecular weight excluding hydrogens is 370 g/mol. The number of rotatable bonds is 5. The van der Waals surface area contributed by atoms with Crippen molar-refractivity contribution >= 4 is 11.6 Å². The summed E-state index contributed by atoms with van der Waals surface area (Å²) >= 11 is 0. The second kappa shape index (κ2) is 7.05.